The fraction of sp³-hybridized carbons (Fsp3) is 0.0909. The molecule has 0 amide bonds. The molecule has 0 bridgehead atoms. The van der Waals surface area contributed by atoms with Crippen molar-refractivity contribution >= 4 is 38.5 Å². The molecular formula is C11H9BrINO. The third kappa shape index (κ3) is 2.43. The fourth-order valence-corrected chi connectivity index (χ4v) is 2.39. The van der Waals surface area contributed by atoms with Crippen molar-refractivity contribution in [2.24, 2.45) is 5.73 Å². The molecule has 4 heteroatoms. The van der Waals surface area contributed by atoms with E-state index < -0.39 is 0 Å². The first kappa shape index (κ1) is 11.2. The van der Waals surface area contributed by atoms with Gasteiger partial charge in [0.15, 0.2) is 0 Å². The van der Waals surface area contributed by atoms with Gasteiger partial charge < -0.3 is 10.2 Å². The summed E-state index contributed by atoms with van der Waals surface area (Å²) in [5, 5.41) is 0. The molecule has 15 heavy (non-hydrogen) atoms. The minimum absolute atomic E-state index is 0.146. The Kier molecular flexibility index (Phi) is 3.48. The van der Waals surface area contributed by atoms with Crippen molar-refractivity contribution in [3.05, 3.63) is 56.0 Å². The second-order valence-electron chi connectivity index (χ2n) is 3.20. The lowest BCUT2D eigenvalue weighted by Crippen LogP contribution is -2.11. The lowest BCUT2D eigenvalue weighted by atomic mass is 10.0. The maximum atomic E-state index is 6.14. The number of halogens is 2. The van der Waals surface area contributed by atoms with E-state index in [1.807, 2.05) is 18.2 Å². The summed E-state index contributed by atoms with van der Waals surface area (Å²) in [6.07, 6.45) is 3.31. The predicted octanol–water partition coefficient (Wildman–Crippen LogP) is 3.69. The van der Waals surface area contributed by atoms with Crippen LogP contribution in [-0.2, 0) is 0 Å². The van der Waals surface area contributed by atoms with Crippen LogP contribution >= 0.6 is 38.5 Å². The molecule has 1 heterocycles. The van der Waals surface area contributed by atoms with E-state index in [1.165, 1.54) is 3.57 Å². The van der Waals surface area contributed by atoms with Gasteiger partial charge in [0.05, 0.1) is 18.6 Å². The fourth-order valence-electron chi connectivity index (χ4n) is 1.38. The molecule has 0 radical (unpaired) electrons. The van der Waals surface area contributed by atoms with Crippen molar-refractivity contribution in [1.82, 2.24) is 0 Å². The van der Waals surface area contributed by atoms with Crippen molar-refractivity contribution in [2.75, 3.05) is 0 Å². The zero-order valence-electron chi connectivity index (χ0n) is 7.78. The van der Waals surface area contributed by atoms with Crippen LogP contribution in [0.4, 0.5) is 0 Å². The molecule has 1 aromatic carbocycles. The zero-order valence-corrected chi connectivity index (χ0v) is 11.5. The van der Waals surface area contributed by atoms with Crippen molar-refractivity contribution in [3.8, 4) is 0 Å². The van der Waals surface area contributed by atoms with E-state index in [1.54, 1.807) is 12.5 Å². The number of furan rings is 1. The standard InChI is InChI=1S/C11H9BrINO/c12-10-2-1-8(13)5-9(10)11(14)7-3-4-15-6-7/h1-6,11H,14H2. The summed E-state index contributed by atoms with van der Waals surface area (Å²) in [6, 6.07) is 7.86. The van der Waals surface area contributed by atoms with Gasteiger partial charge in [-0.3, -0.25) is 0 Å². The maximum Gasteiger partial charge on any atom is 0.0953 e. The van der Waals surface area contributed by atoms with Crippen molar-refractivity contribution < 1.29 is 4.42 Å². The molecule has 2 N–H and O–H groups in total. The molecule has 2 rings (SSSR count). The van der Waals surface area contributed by atoms with Gasteiger partial charge in [-0.1, -0.05) is 15.9 Å². The number of rotatable bonds is 2. The third-order valence-electron chi connectivity index (χ3n) is 2.20. The van der Waals surface area contributed by atoms with Gasteiger partial charge in [-0.15, -0.1) is 0 Å². The first-order valence-electron chi connectivity index (χ1n) is 4.41. The van der Waals surface area contributed by atoms with E-state index in [0.29, 0.717) is 0 Å². The highest BCUT2D eigenvalue weighted by Crippen LogP contribution is 2.28. The number of hydrogen-bond donors (Lipinski definition) is 1. The van der Waals surface area contributed by atoms with Gasteiger partial charge in [-0.25, -0.2) is 0 Å². The highest BCUT2D eigenvalue weighted by atomic mass is 127. The summed E-state index contributed by atoms with van der Waals surface area (Å²) in [7, 11) is 0. The summed E-state index contributed by atoms with van der Waals surface area (Å²) in [5.74, 6) is 0. The van der Waals surface area contributed by atoms with Crippen molar-refractivity contribution in [1.29, 1.82) is 0 Å². The molecular weight excluding hydrogens is 369 g/mol. The molecule has 0 saturated heterocycles. The van der Waals surface area contributed by atoms with Crippen LogP contribution in [0.2, 0.25) is 0 Å². The van der Waals surface area contributed by atoms with Crippen LogP contribution in [0.3, 0.4) is 0 Å². The molecule has 0 spiro atoms. The van der Waals surface area contributed by atoms with E-state index in [9.17, 15) is 0 Å². The Morgan fingerprint density at radius 2 is 2.13 bits per heavy atom. The Hall–Kier alpha value is -0.330. The monoisotopic (exact) mass is 377 g/mol. The zero-order chi connectivity index (χ0) is 10.8. The molecule has 2 aromatic rings. The van der Waals surface area contributed by atoms with Crippen molar-refractivity contribution in [3.63, 3.8) is 0 Å². The average molecular weight is 378 g/mol. The van der Waals surface area contributed by atoms with Crippen LogP contribution < -0.4 is 5.73 Å². The van der Waals surface area contributed by atoms with Gasteiger partial charge in [0, 0.05) is 13.6 Å². The Labute approximate surface area is 110 Å². The molecule has 0 saturated carbocycles. The Morgan fingerprint density at radius 3 is 2.80 bits per heavy atom. The largest absolute Gasteiger partial charge is 0.472 e. The lowest BCUT2D eigenvalue weighted by molar-refractivity contribution is 0.562. The first-order valence-corrected chi connectivity index (χ1v) is 6.28. The molecule has 1 aromatic heterocycles. The number of benzene rings is 1. The minimum Gasteiger partial charge on any atom is -0.472 e. The van der Waals surface area contributed by atoms with Crippen LogP contribution in [0, 0.1) is 3.57 Å². The van der Waals surface area contributed by atoms with Crippen LogP contribution in [-0.4, -0.2) is 0 Å². The SMILES string of the molecule is NC(c1ccoc1)c1cc(I)ccc1Br. The predicted molar refractivity (Wildman–Crippen MR) is 71.6 cm³/mol. The maximum absolute atomic E-state index is 6.14. The quantitative estimate of drug-likeness (QED) is 0.810. The highest BCUT2D eigenvalue weighted by molar-refractivity contribution is 14.1. The van der Waals surface area contributed by atoms with E-state index >= 15 is 0 Å². The van der Waals surface area contributed by atoms with Gasteiger partial charge in [-0.05, 0) is 52.4 Å². The normalized spacial score (nSPS) is 12.7. The van der Waals surface area contributed by atoms with Crippen LogP contribution in [0.15, 0.2) is 45.7 Å². The van der Waals surface area contributed by atoms with E-state index in [0.717, 1.165) is 15.6 Å². The summed E-state index contributed by atoms with van der Waals surface area (Å²) in [5.41, 5.74) is 8.19. The number of nitrogens with two attached hydrogens (primary N) is 1. The average Bonchev–Trinajstić information content (AvgIpc) is 2.74. The second kappa shape index (κ2) is 4.67. The highest BCUT2D eigenvalue weighted by Gasteiger charge is 2.13. The molecule has 0 aliphatic carbocycles. The summed E-state index contributed by atoms with van der Waals surface area (Å²) < 4.78 is 7.23. The van der Waals surface area contributed by atoms with Gasteiger partial charge in [0.2, 0.25) is 0 Å². The molecule has 78 valence electrons. The first-order chi connectivity index (χ1) is 7.18. The number of hydrogen-bond acceptors (Lipinski definition) is 2. The van der Waals surface area contributed by atoms with Gasteiger partial charge >= 0.3 is 0 Å². The second-order valence-corrected chi connectivity index (χ2v) is 5.30. The lowest BCUT2D eigenvalue weighted by Gasteiger charge is -2.12. The van der Waals surface area contributed by atoms with Crippen LogP contribution in [0.1, 0.15) is 17.2 Å². The van der Waals surface area contributed by atoms with E-state index in [2.05, 4.69) is 44.6 Å². The molecule has 0 fully saturated rings. The van der Waals surface area contributed by atoms with Gasteiger partial charge in [-0.2, -0.15) is 0 Å². The molecule has 1 atom stereocenters. The summed E-state index contributed by atoms with van der Waals surface area (Å²) in [4.78, 5) is 0. The van der Waals surface area contributed by atoms with E-state index in [-0.39, 0.29) is 6.04 Å². The van der Waals surface area contributed by atoms with Crippen LogP contribution in [0.25, 0.3) is 0 Å². The minimum atomic E-state index is -0.146. The van der Waals surface area contributed by atoms with Crippen molar-refractivity contribution in [2.45, 2.75) is 6.04 Å². The van der Waals surface area contributed by atoms with Crippen LogP contribution in [0.5, 0.6) is 0 Å². The topological polar surface area (TPSA) is 39.2 Å². The molecule has 0 aliphatic heterocycles. The smallest absolute Gasteiger partial charge is 0.0953 e. The van der Waals surface area contributed by atoms with E-state index in [4.69, 9.17) is 10.2 Å². The Bertz CT molecular complexity index is 456. The summed E-state index contributed by atoms with van der Waals surface area (Å²) in [6.45, 7) is 0. The van der Waals surface area contributed by atoms with Gasteiger partial charge in [0.1, 0.15) is 0 Å². The Balaban J connectivity index is 2.41. The molecule has 1 unspecified atom stereocenters. The third-order valence-corrected chi connectivity index (χ3v) is 3.59. The Morgan fingerprint density at radius 1 is 1.33 bits per heavy atom. The van der Waals surface area contributed by atoms with Gasteiger partial charge in [0.25, 0.3) is 0 Å². The molecule has 2 nitrogen and oxygen atoms in total. The summed E-state index contributed by atoms with van der Waals surface area (Å²) >= 11 is 5.78. The molecule has 0 aliphatic rings.